The Hall–Kier alpha value is -0.830. The number of aryl methyl sites for hydroxylation is 1. The third-order valence-corrected chi connectivity index (χ3v) is 2.19. The number of hydrogen-bond donors (Lipinski definition) is 0. The molecule has 0 bridgehead atoms. The van der Waals surface area contributed by atoms with Crippen LogP contribution in [0.3, 0.4) is 0 Å². The van der Waals surface area contributed by atoms with Gasteiger partial charge in [0.15, 0.2) is 0 Å². The fourth-order valence-corrected chi connectivity index (χ4v) is 1.55. The van der Waals surface area contributed by atoms with E-state index < -0.39 is 0 Å². The topological polar surface area (TPSA) is 26.3 Å². The van der Waals surface area contributed by atoms with E-state index in [-0.39, 0.29) is 5.97 Å². The van der Waals surface area contributed by atoms with Crippen molar-refractivity contribution < 1.29 is 9.53 Å². The second-order valence-electron chi connectivity index (χ2n) is 2.47. The molecule has 1 rings (SSSR count). The lowest BCUT2D eigenvalue weighted by Gasteiger charge is -2.02. The minimum Gasteiger partial charge on any atom is -0.465 e. The summed E-state index contributed by atoms with van der Waals surface area (Å²) >= 11 is 3.29. The van der Waals surface area contributed by atoms with Crippen LogP contribution >= 0.6 is 15.9 Å². The molecule has 0 amide bonds. The second kappa shape index (κ2) is 3.72. The van der Waals surface area contributed by atoms with Crippen molar-refractivity contribution in [2.45, 2.75) is 6.92 Å². The Kier molecular flexibility index (Phi) is 2.87. The number of benzene rings is 1. The molecule has 3 heteroatoms. The Morgan fingerprint density at radius 1 is 1.50 bits per heavy atom. The first-order valence-electron chi connectivity index (χ1n) is 3.49. The summed E-state index contributed by atoms with van der Waals surface area (Å²) in [6, 6.07) is 5.49. The third-order valence-electron chi connectivity index (χ3n) is 1.53. The predicted molar refractivity (Wildman–Crippen MR) is 50.2 cm³/mol. The molecular weight excluding hydrogens is 220 g/mol. The summed E-state index contributed by atoms with van der Waals surface area (Å²) in [5, 5.41) is 0. The summed E-state index contributed by atoms with van der Waals surface area (Å²) in [7, 11) is 1.37. The van der Waals surface area contributed by atoms with Crippen molar-refractivity contribution in [1.82, 2.24) is 0 Å². The SMILES string of the molecule is COC(=O)c1ccc(C)cc1Br. The van der Waals surface area contributed by atoms with Gasteiger partial charge in [-0.2, -0.15) is 0 Å². The largest absolute Gasteiger partial charge is 0.465 e. The summed E-state index contributed by atoms with van der Waals surface area (Å²) in [4.78, 5) is 11.1. The normalized spacial score (nSPS) is 9.58. The van der Waals surface area contributed by atoms with Crippen LogP contribution in [0.1, 0.15) is 15.9 Å². The zero-order chi connectivity index (χ0) is 9.14. The van der Waals surface area contributed by atoms with Gasteiger partial charge in [-0.25, -0.2) is 4.79 Å². The Balaban J connectivity index is 3.09. The highest BCUT2D eigenvalue weighted by Gasteiger charge is 2.08. The summed E-state index contributed by atoms with van der Waals surface area (Å²) in [6.45, 7) is 1.96. The van der Waals surface area contributed by atoms with Gasteiger partial charge in [-0.3, -0.25) is 0 Å². The van der Waals surface area contributed by atoms with Crippen molar-refractivity contribution in [3.63, 3.8) is 0 Å². The predicted octanol–water partition coefficient (Wildman–Crippen LogP) is 2.54. The van der Waals surface area contributed by atoms with Gasteiger partial charge in [0.25, 0.3) is 0 Å². The van der Waals surface area contributed by atoms with Crippen LogP contribution in [0.5, 0.6) is 0 Å². The summed E-state index contributed by atoms with van der Waals surface area (Å²) in [5.41, 5.74) is 1.66. The maximum absolute atomic E-state index is 11.1. The number of esters is 1. The lowest BCUT2D eigenvalue weighted by Crippen LogP contribution is -2.01. The van der Waals surface area contributed by atoms with E-state index in [4.69, 9.17) is 0 Å². The number of ether oxygens (including phenoxy) is 1. The van der Waals surface area contributed by atoms with Gasteiger partial charge < -0.3 is 4.74 Å². The van der Waals surface area contributed by atoms with Crippen LogP contribution in [-0.4, -0.2) is 13.1 Å². The minimum absolute atomic E-state index is 0.318. The van der Waals surface area contributed by atoms with Gasteiger partial charge in [0.05, 0.1) is 12.7 Å². The van der Waals surface area contributed by atoms with Crippen molar-refractivity contribution >= 4 is 21.9 Å². The first-order chi connectivity index (χ1) is 5.65. The highest BCUT2D eigenvalue weighted by molar-refractivity contribution is 9.10. The third kappa shape index (κ3) is 1.85. The molecule has 0 saturated heterocycles. The van der Waals surface area contributed by atoms with Crippen LogP contribution in [-0.2, 0) is 4.74 Å². The average molecular weight is 229 g/mol. The van der Waals surface area contributed by atoms with E-state index in [0.29, 0.717) is 5.56 Å². The molecule has 0 radical (unpaired) electrons. The molecule has 64 valence electrons. The van der Waals surface area contributed by atoms with E-state index >= 15 is 0 Å². The number of hydrogen-bond acceptors (Lipinski definition) is 2. The Morgan fingerprint density at radius 2 is 2.17 bits per heavy atom. The minimum atomic E-state index is -0.318. The molecule has 12 heavy (non-hydrogen) atoms. The number of carbonyl (C=O) groups excluding carboxylic acids is 1. The zero-order valence-electron chi connectivity index (χ0n) is 6.93. The van der Waals surface area contributed by atoms with Gasteiger partial charge in [-0.15, -0.1) is 0 Å². The van der Waals surface area contributed by atoms with Crippen LogP contribution < -0.4 is 0 Å². The molecule has 0 aromatic heterocycles. The molecule has 0 atom stereocenters. The van der Waals surface area contributed by atoms with Gasteiger partial charge in [-0.1, -0.05) is 6.07 Å². The monoisotopic (exact) mass is 228 g/mol. The summed E-state index contributed by atoms with van der Waals surface area (Å²) < 4.78 is 5.36. The molecule has 1 aromatic carbocycles. The van der Waals surface area contributed by atoms with E-state index in [1.165, 1.54) is 7.11 Å². The summed E-state index contributed by atoms with van der Waals surface area (Å²) in [5.74, 6) is -0.318. The lowest BCUT2D eigenvalue weighted by molar-refractivity contribution is 0.0599. The molecule has 2 nitrogen and oxygen atoms in total. The number of halogens is 1. The Bertz CT molecular complexity index is 307. The average Bonchev–Trinajstić information content (AvgIpc) is 2.03. The van der Waals surface area contributed by atoms with Gasteiger partial charge in [-0.05, 0) is 40.5 Å². The first-order valence-corrected chi connectivity index (χ1v) is 4.29. The fourth-order valence-electron chi connectivity index (χ4n) is 0.896. The Labute approximate surface area is 79.7 Å². The molecule has 0 N–H and O–H groups in total. The van der Waals surface area contributed by atoms with Crippen LogP contribution in [0, 0.1) is 6.92 Å². The Morgan fingerprint density at radius 3 is 2.67 bits per heavy atom. The summed E-state index contributed by atoms with van der Waals surface area (Å²) in [6.07, 6.45) is 0. The van der Waals surface area contributed by atoms with Gasteiger partial charge in [0.1, 0.15) is 0 Å². The van der Waals surface area contributed by atoms with Crippen molar-refractivity contribution in [3.05, 3.63) is 33.8 Å². The van der Waals surface area contributed by atoms with Crippen LogP contribution in [0.15, 0.2) is 22.7 Å². The smallest absolute Gasteiger partial charge is 0.338 e. The van der Waals surface area contributed by atoms with E-state index in [1.54, 1.807) is 6.07 Å². The van der Waals surface area contributed by atoms with Crippen LogP contribution in [0.4, 0.5) is 0 Å². The second-order valence-corrected chi connectivity index (χ2v) is 3.33. The van der Waals surface area contributed by atoms with Crippen LogP contribution in [0.2, 0.25) is 0 Å². The van der Waals surface area contributed by atoms with E-state index in [9.17, 15) is 4.79 Å². The molecule has 1 aromatic rings. The molecule has 0 unspecified atom stereocenters. The highest BCUT2D eigenvalue weighted by Crippen LogP contribution is 2.18. The van der Waals surface area contributed by atoms with Gasteiger partial charge in [0, 0.05) is 4.47 Å². The standard InChI is InChI=1S/C9H9BrO2/c1-6-3-4-7(8(10)5-6)9(11)12-2/h3-5H,1-2H3. The molecular formula is C9H9BrO2. The zero-order valence-corrected chi connectivity index (χ0v) is 8.51. The maximum atomic E-state index is 11.1. The van der Waals surface area contributed by atoms with Crippen molar-refractivity contribution in [1.29, 1.82) is 0 Å². The number of rotatable bonds is 1. The molecule has 0 heterocycles. The van der Waals surface area contributed by atoms with Crippen molar-refractivity contribution in [2.24, 2.45) is 0 Å². The molecule has 0 aliphatic heterocycles. The maximum Gasteiger partial charge on any atom is 0.338 e. The lowest BCUT2D eigenvalue weighted by atomic mass is 10.1. The fraction of sp³-hybridized carbons (Fsp3) is 0.222. The quantitative estimate of drug-likeness (QED) is 0.691. The van der Waals surface area contributed by atoms with Crippen LogP contribution in [0.25, 0.3) is 0 Å². The molecule has 0 aliphatic rings. The van der Waals surface area contributed by atoms with E-state index in [2.05, 4.69) is 20.7 Å². The van der Waals surface area contributed by atoms with E-state index in [1.807, 2.05) is 19.1 Å². The highest BCUT2D eigenvalue weighted by atomic mass is 79.9. The molecule has 0 aliphatic carbocycles. The molecule has 0 spiro atoms. The molecule has 0 saturated carbocycles. The van der Waals surface area contributed by atoms with Crippen molar-refractivity contribution in [3.8, 4) is 0 Å². The van der Waals surface area contributed by atoms with Gasteiger partial charge >= 0.3 is 5.97 Å². The molecule has 0 fully saturated rings. The first kappa shape index (κ1) is 9.26. The number of carbonyl (C=O) groups is 1. The van der Waals surface area contributed by atoms with Gasteiger partial charge in [0.2, 0.25) is 0 Å². The number of methoxy groups -OCH3 is 1. The van der Waals surface area contributed by atoms with Crippen molar-refractivity contribution in [2.75, 3.05) is 7.11 Å². The van der Waals surface area contributed by atoms with E-state index in [0.717, 1.165) is 10.0 Å².